The summed E-state index contributed by atoms with van der Waals surface area (Å²) in [6.07, 6.45) is 4.48. The highest BCUT2D eigenvalue weighted by atomic mass is 35.5. The number of amides is 2. The molecule has 1 unspecified atom stereocenters. The number of pyridine rings is 1. The van der Waals surface area contributed by atoms with Gasteiger partial charge in [-0.25, -0.2) is 14.4 Å². The zero-order valence-electron chi connectivity index (χ0n) is 21.2. The van der Waals surface area contributed by atoms with Gasteiger partial charge >= 0.3 is 0 Å². The van der Waals surface area contributed by atoms with E-state index in [9.17, 15) is 23.9 Å². The van der Waals surface area contributed by atoms with E-state index in [4.69, 9.17) is 28.9 Å². The van der Waals surface area contributed by atoms with Crippen molar-refractivity contribution in [1.82, 2.24) is 19.1 Å². The monoisotopic (exact) mass is 587 g/mol. The summed E-state index contributed by atoms with van der Waals surface area (Å²) in [5.41, 5.74) is 5.92. The van der Waals surface area contributed by atoms with Crippen LogP contribution in [-0.2, 0) is 18.4 Å². The van der Waals surface area contributed by atoms with E-state index in [1.165, 1.54) is 47.0 Å². The topological polar surface area (TPSA) is 148 Å². The molecule has 14 heteroatoms. The molecule has 2 amide bonds. The van der Waals surface area contributed by atoms with Crippen molar-refractivity contribution < 1.29 is 19.1 Å². The molecule has 4 aromatic rings. The first-order valence-electron chi connectivity index (χ1n) is 12.2. The minimum Gasteiger partial charge on any atom is -0.506 e. The summed E-state index contributed by atoms with van der Waals surface area (Å²) >= 11 is 12.4. The zero-order valence-corrected chi connectivity index (χ0v) is 22.7. The first kappa shape index (κ1) is 27.4. The van der Waals surface area contributed by atoms with Crippen LogP contribution < -0.4 is 21.5 Å². The van der Waals surface area contributed by atoms with Crippen molar-refractivity contribution >= 4 is 57.6 Å². The number of hydrogen-bond donors (Lipinski definition) is 3. The molecular formula is C26H24Cl2FN7O4. The summed E-state index contributed by atoms with van der Waals surface area (Å²) in [5.74, 6) is -1.37. The fourth-order valence-electron chi connectivity index (χ4n) is 4.72. The number of anilines is 2. The van der Waals surface area contributed by atoms with Gasteiger partial charge in [-0.2, -0.15) is 0 Å². The van der Waals surface area contributed by atoms with Crippen LogP contribution in [0.5, 0.6) is 5.75 Å². The second kappa shape index (κ2) is 10.8. The van der Waals surface area contributed by atoms with Crippen molar-refractivity contribution in [3.05, 3.63) is 62.9 Å². The number of phenols is 1. The summed E-state index contributed by atoms with van der Waals surface area (Å²) in [4.78, 5) is 48.5. The van der Waals surface area contributed by atoms with E-state index in [0.29, 0.717) is 42.0 Å². The lowest BCUT2D eigenvalue weighted by Crippen LogP contribution is -2.36. The number of aromatic nitrogens is 4. The maximum atomic E-state index is 13.9. The molecular weight excluding hydrogens is 564 g/mol. The average Bonchev–Trinajstić information content (AvgIpc) is 3.27. The van der Waals surface area contributed by atoms with Gasteiger partial charge in [0.15, 0.2) is 0 Å². The molecule has 1 atom stereocenters. The Hall–Kier alpha value is -4.16. The van der Waals surface area contributed by atoms with Crippen molar-refractivity contribution in [1.29, 1.82) is 0 Å². The number of alkyl halides is 1. The van der Waals surface area contributed by atoms with E-state index in [1.54, 1.807) is 11.0 Å². The average molecular weight is 588 g/mol. The standard InChI is InChI=1S/C26H24Cl2FN7O4/c1-34-12-32-25-22(26(34)40)16(13-5-15(24(30)39)23(38)17(27)6-13)10-36(25)11-21(37)33-19-7-20(31-8-18(19)28)35-4-2-3-14(29)9-35/h5-8,10,12,14,38H,2-4,9,11H2,1H3,(H2,30,39)(H,31,33,37). The predicted octanol–water partition coefficient (Wildman–Crippen LogP) is 3.49. The lowest BCUT2D eigenvalue weighted by molar-refractivity contribution is -0.116. The SMILES string of the molecule is Cn1cnc2c(c(-c3cc(Cl)c(O)c(C(N)=O)c3)cn2CC(=O)Nc2cc(N3CCCC(F)C3)ncc2Cl)c1=O. The van der Waals surface area contributed by atoms with Gasteiger partial charge < -0.3 is 30.2 Å². The number of fused-ring (bicyclic) bond motifs is 1. The Balaban J connectivity index is 1.50. The van der Waals surface area contributed by atoms with Crippen molar-refractivity contribution in [2.75, 3.05) is 23.3 Å². The molecule has 1 aromatic carbocycles. The van der Waals surface area contributed by atoms with E-state index in [2.05, 4.69) is 15.3 Å². The third kappa shape index (κ3) is 5.19. The largest absolute Gasteiger partial charge is 0.506 e. The van der Waals surface area contributed by atoms with Gasteiger partial charge in [0.05, 0.1) is 45.8 Å². The Morgan fingerprint density at radius 3 is 2.73 bits per heavy atom. The molecule has 1 aliphatic heterocycles. The fraction of sp³-hybridized carbons (Fsp3) is 0.269. The number of benzene rings is 1. The highest BCUT2D eigenvalue weighted by Gasteiger charge is 2.23. The third-order valence-corrected chi connectivity index (χ3v) is 7.28. The molecule has 5 rings (SSSR count). The first-order valence-corrected chi connectivity index (χ1v) is 13.0. The Morgan fingerprint density at radius 1 is 1.23 bits per heavy atom. The van der Waals surface area contributed by atoms with Gasteiger partial charge in [-0.1, -0.05) is 23.2 Å². The lowest BCUT2D eigenvalue weighted by atomic mass is 10.0. The number of aromatic hydroxyl groups is 1. The number of nitrogens with zero attached hydrogens (tertiary/aromatic N) is 5. The van der Waals surface area contributed by atoms with Crippen molar-refractivity contribution in [3.8, 4) is 16.9 Å². The van der Waals surface area contributed by atoms with Gasteiger partial charge in [-0.15, -0.1) is 0 Å². The second-order valence-electron chi connectivity index (χ2n) is 9.50. The fourth-order valence-corrected chi connectivity index (χ4v) is 5.09. The van der Waals surface area contributed by atoms with Crippen molar-refractivity contribution in [2.45, 2.75) is 25.6 Å². The van der Waals surface area contributed by atoms with Crippen LogP contribution in [0.3, 0.4) is 0 Å². The van der Waals surface area contributed by atoms with Gasteiger partial charge in [0.25, 0.3) is 11.5 Å². The molecule has 1 fully saturated rings. The molecule has 0 saturated carbocycles. The van der Waals surface area contributed by atoms with Crippen LogP contribution in [0.2, 0.25) is 10.0 Å². The molecule has 0 bridgehead atoms. The van der Waals surface area contributed by atoms with Gasteiger partial charge in [-0.05, 0) is 30.5 Å². The highest BCUT2D eigenvalue weighted by molar-refractivity contribution is 6.34. The van der Waals surface area contributed by atoms with Crippen LogP contribution in [-0.4, -0.2) is 55.3 Å². The zero-order chi connectivity index (χ0) is 28.7. The van der Waals surface area contributed by atoms with E-state index in [0.717, 1.165) is 0 Å². The molecule has 0 radical (unpaired) electrons. The Bertz CT molecular complexity index is 1720. The number of nitrogens with two attached hydrogens (primary N) is 1. The molecule has 1 saturated heterocycles. The normalized spacial score (nSPS) is 15.4. The van der Waals surface area contributed by atoms with Gasteiger partial charge in [0, 0.05) is 31.4 Å². The van der Waals surface area contributed by atoms with Crippen LogP contribution in [0.25, 0.3) is 22.2 Å². The van der Waals surface area contributed by atoms with Crippen LogP contribution in [0, 0.1) is 0 Å². The summed E-state index contributed by atoms with van der Waals surface area (Å²) in [7, 11) is 1.53. The molecule has 1 aliphatic rings. The molecule has 208 valence electrons. The van der Waals surface area contributed by atoms with Crippen LogP contribution in [0.4, 0.5) is 15.9 Å². The number of hydrogen-bond acceptors (Lipinski definition) is 7. The molecule has 4 heterocycles. The molecule has 3 aromatic heterocycles. The quantitative estimate of drug-likeness (QED) is 0.312. The van der Waals surface area contributed by atoms with E-state index >= 15 is 0 Å². The van der Waals surface area contributed by atoms with Gasteiger partial charge in [-0.3, -0.25) is 14.4 Å². The predicted molar refractivity (Wildman–Crippen MR) is 150 cm³/mol. The first-order chi connectivity index (χ1) is 19.0. The molecule has 4 N–H and O–H groups in total. The second-order valence-corrected chi connectivity index (χ2v) is 10.3. The van der Waals surface area contributed by atoms with E-state index < -0.39 is 29.3 Å². The Kier molecular flexibility index (Phi) is 7.39. The number of rotatable bonds is 6. The van der Waals surface area contributed by atoms with E-state index in [1.807, 2.05) is 0 Å². The maximum absolute atomic E-state index is 13.9. The minimum absolute atomic E-state index is 0.137. The van der Waals surface area contributed by atoms with Crippen molar-refractivity contribution in [2.24, 2.45) is 12.8 Å². The summed E-state index contributed by atoms with van der Waals surface area (Å²) < 4.78 is 16.7. The number of primary amides is 1. The molecule has 0 spiro atoms. The van der Waals surface area contributed by atoms with E-state index in [-0.39, 0.29) is 39.7 Å². The number of halogens is 3. The van der Waals surface area contributed by atoms with Crippen LogP contribution in [0.1, 0.15) is 23.2 Å². The number of piperidine rings is 1. The Labute approximate surface area is 236 Å². The minimum atomic E-state index is -0.955. The van der Waals surface area contributed by atoms with Gasteiger partial charge in [0.2, 0.25) is 5.91 Å². The van der Waals surface area contributed by atoms with Crippen LogP contribution in [0.15, 0.2) is 41.7 Å². The third-order valence-electron chi connectivity index (χ3n) is 6.69. The molecule has 0 aliphatic carbocycles. The molecule has 40 heavy (non-hydrogen) atoms. The van der Waals surface area contributed by atoms with Gasteiger partial charge in [0.1, 0.15) is 29.9 Å². The summed E-state index contributed by atoms with van der Waals surface area (Å²) in [5, 5.41) is 13.1. The number of carbonyl (C=O) groups is 2. The summed E-state index contributed by atoms with van der Waals surface area (Å²) in [6, 6.07) is 4.29. The molecule has 11 nitrogen and oxygen atoms in total. The maximum Gasteiger partial charge on any atom is 0.263 e. The smallest absolute Gasteiger partial charge is 0.263 e. The number of carbonyl (C=O) groups excluding carboxylic acids is 2. The lowest BCUT2D eigenvalue weighted by Gasteiger charge is -2.30. The van der Waals surface area contributed by atoms with Crippen molar-refractivity contribution in [3.63, 3.8) is 0 Å². The highest BCUT2D eigenvalue weighted by Crippen LogP contribution is 2.36. The summed E-state index contributed by atoms with van der Waals surface area (Å²) in [6.45, 7) is 0.592. The number of nitrogens with one attached hydrogen (secondary N) is 1. The number of aryl methyl sites for hydroxylation is 1. The Morgan fingerprint density at radius 2 is 2.00 bits per heavy atom. The van der Waals surface area contributed by atoms with Crippen LogP contribution >= 0.6 is 23.2 Å².